The Labute approximate surface area is 152 Å². The number of alkyl halides is 1. The van der Waals surface area contributed by atoms with Crippen LogP contribution < -0.4 is 0 Å². The third kappa shape index (κ3) is 2.81. The van der Waals surface area contributed by atoms with Crippen LogP contribution in [-0.4, -0.2) is 41.5 Å². The van der Waals surface area contributed by atoms with Crippen molar-refractivity contribution < 1.29 is 18.0 Å². The second kappa shape index (κ2) is 5.68. The van der Waals surface area contributed by atoms with Crippen LogP contribution in [0.4, 0.5) is 0 Å². The average Bonchev–Trinajstić information content (AvgIpc) is 2.51. The number of rotatable bonds is 2. The molecule has 25 heavy (non-hydrogen) atoms. The highest BCUT2D eigenvalue weighted by atomic mass is 35.5. The van der Waals surface area contributed by atoms with Crippen LogP contribution in [0.15, 0.2) is 35.5 Å². The molecule has 2 atom stereocenters. The zero-order chi connectivity index (χ0) is 18.7. The number of Topliss-reactive ketones (excluding diaryl/α,β-unsaturated/α-hetero) is 1. The standard InChI is InChI=1S/C18H20ClNO4S/c1-10-9-25(23,24)17-13(19)16(22)20(17)14(10)15(21)11-5-7-12(8-6-11)18(2,3)4/h5-8,13,17H,9H2,1-4H3/t13-,17+/m0/s1. The Morgan fingerprint density at radius 3 is 2.28 bits per heavy atom. The Morgan fingerprint density at radius 1 is 1.20 bits per heavy atom. The molecule has 134 valence electrons. The molecular formula is C18H20ClNO4S. The number of sulfone groups is 1. The van der Waals surface area contributed by atoms with Gasteiger partial charge in [0.2, 0.25) is 11.7 Å². The van der Waals surface area contributed by atoms with Gasteiger partial charge in [0, 0.05) is 5.56 Å². The fourth-order valence-corrected chi connectivity index (χ4v) is 5.84. The zero-order valence-corrected chi connectivity index (χ0v) is 16.1. The molecule has 0 radical (unpaired) electrons. The fourth-order valence-electron chi connectivity index (χ4n) is 3.23. The van der Waals surface area contributed by atoms with Crippen LogP contribution in [0.3, 0.4) is 0 Å². The molecule has 0 unspecified atom stereocenters. The largest absolute Gasteiger partial charge is 0.287 e. The predicted molar refractivity (Wildman–Crippen MR) is 96.2 cm³/mol. The predicted octanol–water partition coefficient (Wildman–Crippen LogP) is 2.64. The third-order valence-electron chi connectivity index (χ3n) is 4.64. The molecule has 2 aliphatic rings. The highest BCUT2D eigenvalue weighted by molar-refractivity contribution is 7.92. The number of nitrogens with zero attached hydrogens (tertiary/aromatic N) is 1. The second-order valence-electron chi connectivity index (χ2n) is 7.59. The number of allylic oxidation sites excluding steroid dienone is 1. The maximum absolute atomic E-state index is 12.9. The minimum absolute atomic E-state index is 0.0416. The molecule has 0 spiro atoms. The molecule has 2 heterocycles. The first-order valence-electron chi connectivity index (χ1n) is 7.99. The van der Waals surface area contributed by atoms with Gasteiger partial charge in [-0.1, -0.05) is 45.0 Å². The van der Waals surface area contributed by atoms with E-state index in [0.29, 0.717) is 11.1 Å². The normalized spacial score (nSPS) is 25.5. The van der Waals surface area contributed by atoms with Gasteiger partial charge in [-0.3, -0.25) is 14.5 Å². The summed E-state index contributed by atoms with van der Waals surface area (Å²) in [6.45, 7) is 7.80. The summed E-state index contributed by atoms with van der Waals surface area (Å²) in [6, 6.07) is 7.18. The Kier molecular flexibility index (Phi) is 4.12. The van der Waals surface area contributed by atoms with Gasteiger partial charge in [-0.15, -0.1) is 11.6 Å². The molecule has 0 bridgehead atoms. The van der Waals surface area contributed by atoms with Gasteiger partial charge in [-0.2, -0.15) is 0 Å². The van der Waals surface area contributed by atoms with Crippen molar-refractivity contribution in [2.75, 3.05) is 5.75 Å². The van der Waals surface area contributed by atoms with E-state index in [4.69, 9.17) is 11.6 Å². The quantitative estimate of drug-likeness (QED) is 0.448. The Morgan fingerprint density at radius 2 is 1.76 bits per heavy atom. The number of ketones is 1. The first-order chi connectivity index (χ1) is 11.4. The van der Waals surface area contributed by atoms with E-state index in [0.717, 1.165) is 10.5 Å². The Bertz CT molecular complexity index is 894. The van der Waals surface area contributed by atoms with E-state index in [-0.39, 0.29) is 22.6 Å². The third-order valence-corrected chi connectivity index (χ3v) is 7.27. The maximum Gasteiger partial charge on any atom is 0.249 e. The van der Waals surface area contributed by atoms with Crippen molar-refractivity contribution in [3.63, 3.8) is 0 Å². The minimum atomic E-state index is -3.57. The molecule has 0 aliphatic carbocycles. The summed E-state index contributed by atoms with van der Waals surface area (Å²) >= 11 is 5.89. The molecule has 0 saturated carbocycles. The number of carbonyl (C=O) groups is 2. The van der Waals surface area contributed by atoms with E-state index in [9.17, 15) is 18.0 Å². The lowest BCUT2D eigenvalue weighted by atomic mass is 9.86. The van der Waals surface area contributed by atoms with Crippen molar-refractivity contribution in [1.82, 2.24) is 4.90 Å². The van der Waals surface area contributed by atoms with Crippen LogP contribution in [0.2, 0.25) is 0 Å². The second-order valence-corrected chi connectivity index (χ2v) is 10.2. The van der Waals surface area contributed by atoms with Gasteiger partial charge in [0.05, 0.1) is 11.4 Å². The van der Waals surface area contributed by atoms with Gasteiger partial charge in [0.25, 0.3) is 0 Å². The number of benzene rings is 1. The van der Waals surface area contributed by atoms with Crippen molar-refractivity contribution >= 4 is 33.1 Å². The van der Waals surface area contributed by atoms with Gasteiger partial charge in [0.1, 0.15) is 5.38 Å². The van der Waals surface area contributed by atoms with Crippen LogP contribution in [0, 0.1) is 0 Å². The van der Waals surface area contributed by atoms with Gasteiger partial charge < -0.3 is 0 Å². The van der Waals surface area contributed by atoms with Crippen LogP contribution in [0.5, 0.6) is 0 Å². The van der Waals surface area contributed by atoms with E-state index in [1.165, 1.54) is 0 Å². The minimum Gasteiger partial charge on any atom is -0.287 e. The lowest BCUT2D eigenvalue weighted by Gasteiger charge is -2.47. The summed E-state index contributed by atoms with van der Waals surface area (Å²) in [6.07, 6.45) is 0. The Balaban J connectivity index is 2.00. The first-order valence-corrected chi connectivity index (χ1v) is 10.1. The number of halogens is 1. The molecular weight excluding hydrogens is 362 g/mol. The van der Waals surface area contributed by atoms with Crippen molar-refractivity contribution in [1.29, 1.82) is 0 Å². The molecule has 1 aromatic carbocycles. The molecule has 1 aromatic rings. The number of amides is 1. The smallest absolute Gasteiger partial charge is 0.249 e. The molecule has 1 fully saturated rings. The molecule has 0 N–H and O–H groups in total. The molecule has 1 amide bonds. The van der Waals surface area contributed by atoms with Crippen molar-refractivity contribution in [2.24, 2.45) is 0 Å². The highest BCUT2D eigenvalue weighted by Crippen LogP contribution is 2.40. The van der Waals surface area contributed by atoms with Crippen molar-refractivity contribution in [2.45, 2.75) is 43.9 Å². The number of hydrogen-bond acceptors (Lipinski definition) is 4. The molecule has 2 aliphatic heterocycles. The van der Waals surface area contributed by atoms with Crippen LogP contribution in [-0.2, 0) is 20.0 Å². The average molecular weight is 382 g/mol. The van der Waals surface area contributed by atoms with Gasteiger partial charge in [0.15, 0.2) is 15.2 Å². The van der Waals surface area contributed by atoms with E-state index in [2.05, 4.69) is 20.8 Å². The highest BCUT2D eigenvalue weighted by Gasteiger charge is 2.58. The van der Waals surface area contributed by atoms with Crippen LogP contribution in [0.1, 0.15) is 43.6 Å². The number of hydrogen-bond donors (Lipinski definition) is 0. The fraction of sp³-hybridized carbons (Fsp3) is 0.444. The number of fused-ring (bicyclic) bond motifs is 1. The topological polar surface area (TPSA) is 71.5 Å². The van der Waals surface area contributed by atoms with Gasteiger partial charge in [-0.05, 0) is 23.5 Å². The number of β-lactam (4-membered cyclic amide) rings is 1. The summed E-state index contributed by atoms with van der Waals surface area (Å²) in [4.78, 5) is 26.1. The van der Waals surface area contributed by atoms with E-state index >= 15 is 0 Å². The van der Waals surface area contributed by atoms with Crippen molar-refractivity contribution in [3.05, 3.63) is 46.7 Å². The summed E-state index contributed by atoms with van der Waals surface area (Å²) in [5.74, 6) is -1.15. The summed E-state index contributed by atoms with van der Waals surface area (Å²) in [5.41, 5.74) is 1.98. The SMILES string of the molecule is CC1=C(C(=O)c2ccc(C(C)(C)C)cc2)N2C(=O)[C@H](Cl)[C@H]2S(=O)(=O)C1. The van der Waals surface area contributed by atoms with Crippen LogP contribution >= 0.6 is 11.6 Å². The van der Waals surface area contributed by atoms with Crippen LogP contribution in [0.25, 0.3) is 0 Å². The molecule has 1 saturated heterocycles. The monoisotopic (exact) mass is 381 g/mol. The van der Waals surface area contributed by atoms with E-state index < -0.39 is 26.5 Å². The zero-order valence-electron chi connectivity index (χ0n) is 14.5. The first kappa shape index (κ1) is 18.1. The number of carbonyl (C=O) groups excluding carboxylic acids is 2. The maximum atomic E-state index is 12.9. The Hall–Kier alpha value is -1.66. The molecule has 0 aromatic heterocycles. The van der Waals surface area contributed by atoms with Crippen molar-refractivity contribution in [3.8, 4) is 0 Å². The molecule has 3 rings (SSSR count). The summed E-state index contributed by atoms with van der Waals surface area (Å²) in [7, 11) is -3.57. The van der Waals surface area contributed by atoms with E-state index in [1.807, 2.05) is 12.1 Å². The lowest BCUT2D eigenvalue weighted by Crippen LogP contribution is -2.67. The lowest BCUT2D eigenvalue weighted by molar-refractivity contribution is -0.138. The molecule has 5 nitrogen and oxygen atoms in total. The van der Waals surface area contributed by atoms with Gasteiger partial charge >= 0.3 is 0 Å². The van der Waals surface area contributed by atoms with Gasteiger partial charge in [-0.25, -0.2) is 8.42 Å². The summed E-state index contributed by atoms with van der Waals surface area (Å²) in [5, 5.41) is -2.26. The summed E-state index contributed by atoms with van der Waals surface area (Å²) < 4.78 is 24.5. The van der Waals surface area contributed by atoms with E-state index in [1.54, 1.807) is 19.1 Å². The molecule has 7 heteroatoms.